The Bertz CT molecular complexity index is 831. The molecule has 0 spiro atoms. The van der Waals surface area contributed by atoms with Gasteiger partial charge in [-0.3, -0.25) is 9.59 Å². The fourth-order valence-corrected chi connectivity index (χ4v) is 4.12. The lowest BCUT2D eigenvalue weighted by Crippen LogP contribution is -2.42. The third kappa shape index (κ3) is 3.92. The lowest BCUT2D eigenvalue weighted by molar-refractivity contribution is -0.135. The number of carbonyl (C=O) groups excluding carboxylic acids is 2. The molecule has 2 aromatic rings. The molecule has 0 atom stereocenters. The van der Waals surface area contributed by atoms with Crippen molar-refractivity contribution in [1.82, 2.24) is 14.9 Å². The molecule has 134 valence electrons. The summed E-state index contributed by atoms with van der Waals surface area (Å²) in [6.45, 7) is 3.33. The zero-order valence-corrected chi connectivity index (χ0v) is 15.5. The third-order valence-electron chi connectivity index (χ3n) is 4.66. The van der Waals surface area contributed by atoms with Crippen molar-refractivity contribution in [3.05, 3.63) is 29.1 Å². The molecule has 0 aliphatic carbocycles. The van der Waals surface area contributed by atoms with E-state index in [4.69, 9.17) is 0 Å². The van der Waals surface area contributed by atoms with Gasteiger partial charge in [0.1, 0.15) is 0 Å². The number of aryl methyl sites for hydroxylation is 1. The molecule has 1 aliphatic heterocycles. The van der Waals surface area contributed by atoms with Gasteiger partial charge in [-0.15, -0.1) is 5.10 Å². The second-order valence-electron chi connectivity index (χ2n) is 6.40. The Balaban J connectivity index is 1.61. The fraction of sp³-hybridized carbons (Fsp3) is 0.500. The Labute approximate surface area is 151 Å². The average Bonchev–Trinajstić information content (AvgIpc) is 2.96. The number of amides is 2. The predicted octanol–water partition coefficient (Wildman–Crippen LogP) is 2.21. The molecule has 1 aromatic heterocycles. The maximum atomic E-state index is 12.4. The van der Waals surface area contributed by atoms with E-state index in [1.54, 1.807) is 11.3 Å². The minimum absolute atomic E-state index is 0.0555. The van der Waals surface area contributed by atoms with Gasteiger partial charge in [0.2, 0.25) is 16.6 Å². The summed E-state index contributed by atoms with van der Waals surface area (Å²) in [6, 6.07) is 8.07. The van der Waals surface area contributed by atoms with Crippen LogP contribution in [0.2, 0.25) is 0 Å². The molecule has 1 aromatic carbocycles. The van der Waals surface area contributed by atoms with Crippen molar-refractivity contribution in [1.29, 1.82) is 0 Å². The lowest BCUT2D eigenvalue weighted by atomic mass is 9.96. The second kappa shape index (κ2) is 7.82. The number of thiazole rings is 1. The summed E-state index contributed by atoms with van der Waals surface area (Å²) in [5, 5.41) is 4.30. The van der Waals surface area contributed by atoms with Crippen LogP contribution in [0.1, 0.15) is 32.6 Å². The van der Waals surface area contributed by atoms with Gasteiger partial charge in [-0.25, -0.2) is 5.43 Å². The first kappa shape index (κ1) is 17.7. The van der Waals surface area contributed by atoms with Crippen LogP contribution >= 0.6 is 11.3 Å². The highest BCUT2D eigenvalue weighted by atomic mass is 32.1. The fourth-order valence-electron chi connectivity index (χ4n) is 3.15. The maximum absolute atomic E-state index is 12.4. The summed E-state index contributed by atoms with van der Waals surface area (Å²) in [5.74, 6) is 0.0671. The summed E-state index contributed by atoms with van der Waals surface area (Å²) in [4.78, 5) is 26.9. The molecule has 0 bridgehead atoms. The second-order valence-corrected chi connectivity index (χ2v) is 7.41. The van der Waals surface area contributed by atoms with Crippen LogP contribution in [-0.4, -0.2) is 34.4 Å². The zero-order chi connectivity index (χ0) is 17.8. The number of hydrogen-bond acceptors (Lipinski definition) is 4. The van der Waals surface area contributed by atoms with E-state index in [2.05, 4.69) is 10.5 Å². The van der Waals surface area contributed by atoms with Gasteiger partial charge in [-0.05, 0) is 31.4 Å². The minimum atomic E-state index is -0.0749. The number of nitrogens with zero attached hydrogens (tertiary/aromatic N) is 3. The van der Waals surface area contributed by atoms with Gasteiger partial charge < -0.3 is 9.47 Å². The van der Waals surface area contributed by atoms with Gasteiger partial charge in [0, 0.05) is 32.5 Å². The highest BCUT2D eigenvalue weighted by molar-refractivity contribution is 7.16. The Morgan fingerprint density at radius 1 is 1.28 bits per heavy atom. The molecule has 1 aliphatic rings. The molecule has 2 heterocycles. The molecule has 0 unspecified atom stereocenters. The zero-order valence-electron chi connectivity index (χ0n) is 14.7. The lowest BCUT2D eigenvalue weighted by Gasteiger charge is -2.31. The summed E-state index contributed by atoms with van der Waals surface area (Å²) in [6.07, 6.45) is 2.86. The van der Waals surface area contributed by atoms with E-state index in [1.807, 2.05) is 47.7 Å². The number of aromatic nitrogens is 1. The number of fused-ring (bicyclic) bond motifs is 1. The SMILES string of the molecule is CCCC(=O)N1CCC(C(=O)N/N=c2/sc3ccccc3n2C)CC1. The van der Waals surface area contributed by atoms with E-state index in [1.165, 1.54) is 0 Å². The standard InChI is InChI=1S/C18H24N4O2S/c1-3-6-16(23)22-11-9-13(10-12-22)17(24)19-20-18-21(2)14-7-4-5-8-15(14)25-18/h4-5,7-8,13H,3,6,9-12H2,1-2H3,(H,19,24)/b20-18+. The summed E-state index contributed by atoms with van der Waals surface area (Å²) >= 11 is 1.55. The smallest absolute Gasteiger partial charge is 0.243 e. The van der Waals surface area contributed by atoms with Crippen LogP contribution in [0, 0.1) is 5.92 Å². The van der Waals surface area contributed by atoms with Crippen molar-refractivity contribution >= 4 is 33.4 Å². The number of hydrogen-bond donors (Lipinski definition) is 1. The van der Waals surface area contributed by atoms with Crippen LogP contribution in [0.15, 0.2) is 29.4 Å². The highest BCUT2D eigenvalue weighted by Gasteiger charge is 2.26. The van der Waals surface area contributed by atoms with Crippen molar-refractivity contribution in [2.24, 2.45) is 18.1 Å². The van der Waals surface area contributed by atoms with Gasteiger partial charge in [0.25, 0.3) is 0 Å². The number of nitrogens with one attached hydrogen (secondary N) is 1. The average molecular weight is 360 g/mol. The van der Waals surface area contributed by atoms with E-state index in [9.17, 15) is 9.59 Å². The Kier molecular flexibility index (Phi) is 5.53. The molecular weight excluding hydrogens is 336 g/mol. The van der Waals surface area contributed by atoms with Crippen molar-refractivity contribution in [3.63, 3.8) is 0 Å². The van der Waals surface area contributed by atoms with Crippen LogP contribution in [0.25, 0.3) is 10.2 Å². The number of carbonyl (C=O) groups is 2. The number of para-hydroxylation sites is 1. The van der Waals surface area contributed by atoms with Crippen LogP contribution in [0.4, 0.5) is 0 Å². The van der Waals surface area contributed by atoms with Gasteiger partial charge in [-0.2, -0.15) is 0 Å². The molecule has 1 saturated heterocycles. The summed E-state index contributed by atoms with van der Waals surface area (Å²) < 4.78 is 3.12. The van der Waals surface area contributed by atoms with Gasteiger partial charge >= 0.3 is 0 Å². The third-order valence-corrected chi connectivity index (χ3v) is 5.77. The van der Waals surface area contributed by atoms with Gasteiger partial charge in [0.05, 0.1) is 10.2 Å². The van der Waals surface area contributed by atoms with E-state index in [0.29, 0.717) is 32.4 Å². The first-order valence-corrected chi connectivity index (χ1v) is 9.57. The molecule has 2 amide bonds. The largest absolute Gasteiger partial charge is 0.343 e. The molecule has 3 rings (SSSR count). The molecule has 25 heavy (non-hydrogen) atoms. The number of rotatable bonds is 4. The monoisotopic (exact) mass is 360 g/mol. The summed E-state index contributed by atoms with van der Waals surface area (Å²) in [5.41, 5.74) is 3.81. The Morgan fingerprint density at radius 3 is 2.68 bits per heavy atom. The first-order chi connectivity index (χ1) is 12.1. The van der Waals surface area contributed by atoms with E-state index >= 15 is 0 Å². The van der Waals surface area contributed by atoms with E-state index in [-0.39, 0.29) is 17.7 Å². The van der Waals surface area contributed by atoms with Crippen molar-refractivity contribution in [3.8, 4) is 0 Å². The molecule has 6 nitrogen and oxygen atoms in total. The highest BCUT2D eigenvalue weighted by Crippen LogP contribution is 2.18. The van der Waals surface area contributed by atoms with Crippen LogP contribution in [-0.2, 0) is 16.6 Å². The first-order valence-electron chi connectivity index (χ1n) is 8.76. The molecule has 0 saturated carbocycles. The van der Waals surface area contributed by atoms with Crippen molar-refractivity contribution in [2.75, 3.05) is 13.1 Å². The van der Waals surface area contributed by atoms with Crippen LogP contribution < -0.4 is 10.2 Å². The number of likely N-dealkylation sites (tertiary alicyclic amines) is 1. The van der Waals surface area contributed by atoms with Crippen molar-refractivity contribution in [2.45, 2.75) is 32.6 Å². The number of piperidine rings is 1. The van der Waals surface area contributed by atoms with Crippen LogP contribution in [0.5, 0.6) is 0 Å². The van der Waals surface area contributed by atoms with Crippen LogP contribution in [0.3, 0.4) is 0 Å². The Morgan fingerprint density at radius 2 is 2.00 bits per heavy atom. The van der Waals surface area contributed by atoms with Gasteiger partial charge in [0.15, 0.2) is 0 Å². The molecule has 1 N–H and O–H groups in total. The van der Waals surface area contributed by atoms with E-state index in [0.717, 1.165) is 21.4 Å². The normalized spacial score (nSPS) is 16.4. The van der Waals surface area contributed by atoms with Gasteiger partial charge in [-0.1, -0.05) is 30.4 Å². The molecule has 0 radical (unpaired) electrons. The quantitative estimate of drug-likeness (QED) is 0.850. The molecule has 7 heteroatoms. The van der Waals surface area contributed by atoms with Crippen molar-refractivity contribution < 1.29 is 9.59 Å². The molecular formula is C18H24N4O2S. The Hall–Kier alpha value is -2.15. The predicted molar refractivity (Wildman–Crippen MR) is 98.7 cm³/mol. The molecule has 1 fully saturated rings. The topological polar surface area (TPSA) is 66.7 Å². The number of benzene rings is 1. The summed E-state index contributed by atoms with van der Waals surface area (Å²) in [7, 11) is 1.95. The minimum Gasteiger partial charge on any atom is -0.343 e. The maximum Gasteiger partial charge on any atom is 0.243 e. The van der Waals surface area contributed by atoms with E-state index < -0.39 is 0 Å².